The Morgan fingerprint density at radius 1 is 0.672 bits per heavy atom. The van der Waals surface area contributed by atoms with Gasteiger partial charge in [0, 0.05) is 13.0 Å². The number of benzene rings is 1. The third kappa shape index (κ3) is 16.1. The van der Waals surface area contributed by atoms with E-state index in [1.807, 2.05) is 20.8 Å². The van der Waals surface area contributed by atoms with Crippen LogP contribution in [0.25, 0.3) is 0 Å². The van der Waals surface area contributed by atoms with Crippen molar-refractivity contribution in [2.75, 3.05) is 6.54 Å². The minimum absolute atomic E-state index is 0.00540. The first-order chi connectivity index (χ1) is 28.6. The van der Waals surface area contributed by atoms with Crippen molar-refractivity contribution in [3.63, 3.8) is 0 Å². The van der Waals surface area contributed by atoms with Gasteiger partial charge in [0.15, 0.2) is 0 Å². The lowest BCUT2D eigenvalue weighted by molar-refractivity contribution is -0.150. The Morgan fingerprint density at radius 3 is 1.72 bits per heavy atom. The van der Waals surface area contributed by atoms with E-state index in [-0.39, 0.29) is 31.2 Å². The maximum Gasteiger partial charge on any atom is 0.326 e. The molecule has 0 saturated carbocycles. The molecule has 19 nitrogen and oxygen atoms in total. The fourth-order valence-electron chi connectivity index (χ4n) is 6.75. The molecule has 0 radical (unpaired) electrons. The lowest BCUT2D eigenvalue weighted by atomic mass is 9.96. The molecule has 1 aromatic carbocycles. The zero-order chi connectivity index (χ0) is 46.1. The molecule has 61 heavy (non-hydrogen) atoms. The van der Waals surface area contributed by atoms with Gasteiger partial charge in [0.2, 0.25) is 41.4 Å². The van der Waals surface area contributed by atoms with E-state index in [1.54, 1.807) is 51.1 Å². The number of nitrogens with one attached hydrogen (secondary N) is 6. The highest BCUT2D eigenvalue weighted by molar-refractivity contribution is 5.98. The molecule has 1 aromatic rings. The Kier molecular flexibility index (Phi) is 20.8. The zero-order valence-electron chi connectivity index (χ0n) is 36.5. The van der Waals surface area contributed by atoms with Crippen LogP contribution in [0.15, 0.2) is 30.3 Å². The van der Waals surface area contributed by atoms with E-state index in [9.17, 15) is 48.3 Å². The molecule has 0 aliphatic carbocycles. The summed E-state index contributed by atoms with van der Waals surface area (Å²) in [5.41, 5.74) is 6.42. The SMILES string of the molecule is CC[C@H](C)[C@H](NC(=O)[C@@H](N)CC(=O)O)C(=O)N[C@@H](Cc1ccccc1)C(=O)N[C@@H](CC(C)C)C(=O)N[C@@H](C)C(=O)N[C@@H](C)C(=O)N[C@H](C(=O)N1CCC[C@H]1C(=O)O)[C@@H](C)CC. The second kappa shape index (κ2) is 24.6. The molecule has 1 aliphatic rings. The summed E-state index contributed by atoms with van der Waals surface area (Å²) < 4.78 is 0. The molecule has 10 atom stereocenters. The monoisotopic (exact) mass is 858 g/mol. The van der Waals surface area contributed by atoms with Crippen LogP contribution in [0.2, 0.25) is 0 Å². The van der Waals surface area contributed by atoms with Crippen molar-refractivity contribution in [2.24, 2.45) is 23.5 Å². The number of carbonyl (C=O) groups is 9. The zero-order valence-corrected chi connectivity index (χ0v) is 36.5. The molecule has 1 saturated heterocycles. The maximum atomic E-state index is 14.0. The number of nitrogens with zero attached hydrogens (tertiary/aromatic N) is 1. The van der Waals surface area contributed by atoms with Gasteiger partial charge >= 0.3 is 11.9 Å². The predicted molar refractivity (Wildman–Crippen MR) is 224 cm³/mol. The topological polar surface area (TPSA) is 296 Å². The van der Waals surface area contributed by atoms with Gasteiger partial charge in [-0.05, 0) is 56.4 Å². The Morgan fingerprint density at radius 2 is 1.18 bits per heavy atom. The third-order valence-corrected chi connectivity index (χ3v) is 10.9. The predicted octanol–water partition coefficient (Wildman–Crippen LogP) is 0.194. The summed E-state index contributed by atoms with van der Waals surface area (Å²) in [5, 5.41) is 34.4. The van der Waals surface area contributed by atoms with Crippen molar-refractivity contribution in [3.8, 4) is 0 Å². The molecule has 10 N–H and O–H groups in total. The minimum atomic E-state index is -1.42. The molecule has 340 valence electrons. The second-order valence-electron chi connectivity index (χ2n) is 16.4. The summed E-state index contributed by atoms with van der Waals surface area (Å²) >= 11 is 0. The number of rotatable bonds is 24. The Balaban J connectivity index is 2.22. The first kappa shape index (κ1) is 51.6. The average molecular weight is 859 g/mol. The second-order valence-corrected chi connectivity index (χ2v) is 16.4. The van der Waals surface area contributed by atoms with Crippen molar-refractivity contribution in [1.82, 2.24) is 36.8 Å². The normalized spacial score (nSPS) is 18.1. The van der Waals surface area contributed by atoms with Crippen LogP contribution >= 0.6 is 0 Å². The molecular formula is C42H66N8O11. The lowest BCUT2D eigenvalue weighted by Gasteiger charge is -2.31. The van der Waals surface area contributed by atoms with Gasteiger partial charge in [-0.2, -0.15) is 0 Å². The molecule has 7 amide bonds. The van der Waals surface area contributed by atoms with Gasteiger partial charge in [-0.1, -0.05) is 84.7 Å². The quantitative estimate of drug-likeness (QED) is 0.0674. The number of nitrogens with two attached hydrogens (primary N) is 1. The first-order valence-electron chi connectivity index (χ1n) is 21.0. The van der Waals surface area contributed by atoms with Gasteiger partial charge in [0.25, 0.3) is 0 Å². The number of likely N-dealkylation sites (tertiary alicyclic amines) is 1. The number of aliphatic carboxylic acids is 2. The fraction of sp³-hybridized carbons (Fsp3) is 0.643. The summed E-state index contributed by atoms with van der Waals surface area (Å²) in [4.78, 5) is 118. The number of carbonyl (C=O) groups excluding carboxylic acids is 7. The van der Waals surface area contributed by atoms with Crippen LogP contribution in [0.3, 0.4) is 0 Å². The van der Waals surface area contributed by atoms with Crippen molar-refractivity contribution >= 4 is 53.3 Å². The van der Waals surface area contributed by atoms with E-state index < -0.39 is 114 Å². The smallest absolute Gasteiger partial charge is 0.326 e. The highest BCUT2D eigenvalue weighted by atomic mass is 16.4. The minimum Gasteiger partial charge on any atom is -0.481 e. The number of hydrogen-bond acceptors (Lipinski definition) is 10. The molecule has 0 unspecified atom stereocenters. The largest absolute Gasteiger partial charge is 0.481 e. The van der Waals surface area contributed by atoms with Crippen molar-refractivity contribution in [1.29, 1.82) is 0 Å². The molecule has 1 aliphatic heterocycles. The van der Waals surface area contributed by atoms with Crippen molar-refractivity contribution in [2.45, 2.75) is 149 Å². The molecular weight excluding hydrogens is 793 g/mol. The van der Waals surface area contributed by atoms with E-state index in [1.165, 1.54) is 18.7 Å². The van der Waals surface area contributed by atoms with Gasteiger partial charge in [-0.3, -0.25) is 38.4 Å². The van der Waals surface area contributed by atoms with Crippen molar-refractivity contribution < 1.29 is 53.4 Å². The van der Waals surface area contributed by atoms with Gasteiger partial charge in [-0.15, -0.1) is 0 Å². The third-order valence-electron chi connectivity index (χ3n) is 10.9. The number of carboxylic acid groups (broad SMARTS) is 2. The van der Waals surface area contributed by atoms with Crippen LogP contribution in [0.1, 0.15) is 99.5 Å². The fourth-order valence-corrected chi connectivity index (χ4v) is 6.75. The number of hydrogen-bond donors (Lipinski definition) is 9. The van der Waals surface area contributed by atoms with Crippen molar-refractivity contribution in [3.05, 3.63) is 35.9 Å². The Labute approximate surface area is 357 Å². The van der Waals surface area contributed by atoms with Gasteiger partial charge in [0.1, 0.15) is 42.3 Å². The lowest BCUT2D eigenvalue weighted by Crippen LogP contribution is -2.60. The summed E-state index contributed by atoms with van der Waals surface area (Å²) in [7, 11) is 0. The van der Waals surface area contributed by atoms with E-state index in [2.05, 4.69) is 31.9 Å². The molecule has 19 heteroatoms. The van der Waals surface area contributed by atoms with E-state index in [0.29, 0.717) is 31.2 Å². The maximum absolute atomic E-state index is 14.0. The van der Waals surface area contributed by atoms with Crippen LogP contribution in [0.5, 0.6) is 0 Å². The molecule has 0 bridgehead atoms. The van der Waals surface area contributed by atoms with Gasteiger partial charge in [0.05, 0.1) is 12.5 Å². The van der Waals surface area contributed by atoms with Crippen LogP contribution < -0.4 is 37.6 Å². The molecule has 1 fully saturated rings. The van der Waals surface area contributed by atoms with E-state index >= 15 is 0 Å². The van der Waals surface area contributed by atoms with Crippen LogP contribution in [-0.4, -0.2) is 123 Å². The first-order valence-corrected chi connectivity index (χ1v) is 21.0. The summed E-state index contributed by atoms with van der Waals surface area (Å²) in [6, 6.07) is -0.659. The highest BCUT2D eigenvalue weighted by Gasteiger charge is 2.40. The number of carboxylic acids is 2. The molecule has 2 rings (SSSR count). The highest BCUT2D eigenvalue weighted by Crippen LogP contribution is 2.21. The summed E-state index contributed by atoms with van der Waals surface area (Å²) in [5.74, 6) is -8.32. The Bertz CT molecular complexity index is 1710. The Hall–Kier alpha value is -5.59. The summed E-state index contributed by atoms with van der Waals surface area (Å²) in [6.07, 6.45) is 1.22. The van der Waals surface area contributed by atoms with Crippen LogP contribution in [0, 0.1) is 17.8 Å². The van der Waals surface area contributed by atoms with Crippen LogP contribution in [-0.2, 0) is 49.6 Å². The number of amides is 7. The van der Waals surface area contributed by atoms with Gasteiger partial charge < -0.3 is 52.7 Å². The molecule has 0 spiro atoms. The van der Waals surface area contributed by atoms with E-state index in [0.717, 1.165) is 0 Å². The van der Waals surface area contributed by atoms with Crippen LogP contribution in [0.4, 0.5) is 0 Å². The van der Waals surface area contributed by atoms with Gasteiger partial charge in [-0.25, -0.2) is 4.79 Å². The standard InChI is InChI=1S/C42H66N8O11/c1-9-23(5)33(48-37(55)28(43)21-32(51)52)40(58)47-30(20-27-15-12-11-13-16-27)39(57)46-29(19-22(3)4)38(56)45-25(7)35(53)44-26(8)36(54)49-34(24(6)10-2)41(59)50-18-14-17-31(50)42(60)61/h11-13,15-16,22-26,28-31,33-34H,9-10,14,17-21,43H2,1-8H3,(H,44,53)(H,45,56)(H,46,57)(H,47,58)(H,48,55)(H,49,54)(H,51,52)(H,60,61)/t23-,24-,25-,26-,28-,29-,30-,31-,33-,34-/m0/s1. The molecule has 0 aromatic heterocycles. The average Bonchev–Trinajstić information content (AvgIpc) is 3.71. The summed E-state index contributed by atoms with van der Waals surface area (Å²) in [6.45, 7) is 13.8. The van der Waals surface area contributed by atoms with E-state index in [4.69, 9.17) is 10.8 Å². The molecule has 1 heterocycles.